The summed E-state index contributed by atoms with van der Waals surface area (Å²) in [7, 11) is 3.15. The van der Waals surface area contributed by atoms with Gasteiger partial charge in [0.25, 0.3) is 0 Å². The Morgan fingerprint density at radius 2 is 1.30 bits per heavy atom. The van der Waals surface area contributed by atoms with Gasteiger partial charge in [0.15, 0.2) is 5.78 Å². The number of carboxylic acid groups (broad SMARTS) is 2. The van der Waals surface area contributed by atoms with Crippen LogP contribution in [0.15, 0.2) is 80.2 Å². The summed E-state index contributed by atoms with van der Waals surface area (Å²) in [6.45, 7) is 12.6. The molecule has 2 rings (SSSR count). The number of nitrogens with zero attached hydrogens (tertiary/aromatic N) is 1. The molecular weight excluding hydrogens is 973 g/mol. The van der Waals surface area contributed by atoms with E-state index in [-0.39, 0.29) is 51.3 Å². The number of aliphatic carboxylic acids is 2. The van der Waals surface area contributed by atoms with E-state index < -0.39 is 59.4 Å². The van der Waals surface area contributed by atoms with Crippen LogP contribution in [0.2, 0.25) is 0 Å². The highest BCUT2D eigenvalue weighted by Gasteiger charge is 2.31. The second kappa shape index (κ2) is 44.8. The second-order valence-corrected chi connectivity index (χ2v) is 17.9. The number of ketones is 2. The normalized spacial score (nSPS) is 12.0. The van der Waals surface area contributed by atoms with E-state index >= 15 is 0 Å². The van der Waals surface area contributed by atoms with Gasteiger partial charge in [0.1, 0.15) is 29.4 Å². The van der Waals surface area contributed by atoms with E-state index in [1.54, 1.807) is 51.6 Å². The summed E-state index contributed by atoms with van der Waals surface area (Å²) in [6, 6.07) is 13.3. The molecule has 21 heteroatoms. The van der Waals surface area contributed by atoms with Gasteiger partial charge in [0, 0.05) is 51.3 Å². The highest BCUT2D eigenvalue weighted by atomic mass is 32.2. The first kappa shape index (κ1) is 66.7. The first-order chi connectivity index (χ1) is 33.1. The monoisotopic (exact) mass is 1040 g/mol. The number of allylic oxidation sites excluding steroid dienone is 1. The van der Waals surface area contributed by atoms with Crippen LogP contribution in [0.3, 0.4) is 0 Å². The lowest BCUT2D eigenvalue weighted by Gasteiger charge is -2.19. The van der Waals surface area contributed by atoms with Crippen molar-refractivity contribution in [2.24, 2.45) is 17.8 Å². The molecule has 69 heavy (non-hydrogen) atoms. The zero-order valence-electron chi connectivity index (χ0n) is 40.7. The lowest BCUT2D eigenvalue weighted by atomic mass is 9.92. The maximum Gasteiger partial charge on any atom is 0.330 e. The van der Waals surface area contributed by atoms with Crippen LogP contribution >= 0.6 is 47.5 Å². The molecule has 2 aromatic rings. The minimum atomic E-state index is -1.14. The number of Topliss-reactive ketones (excluding diaryl/α,β-unsaturated/α-hetero) is 1. The molecule has 2 unspecified atom stereocenters. The first-order valence-electron chi connectivity index (χ1n) is 21.9. The molecule has 0 saturated heterocycles. The highest BCUT2D eigenvalue weighted by Crippen LogP contribution is 2.17. The third kappa shape index (κ3) is 36.3. The smallest absolute Gasteiger partial charge is 0.330 e. The Kier molecular flexibility index (Phi) is 43.4. The molecule has 0 aliphatic rings. The van der Waals surface area contributed by atoms with Gasteiger partial charge in [-0.25, -0.2) is 9.59 Å². The van der Waals surface area contributed by atoms with Gasteiger partial charge in [0.2, 0.25) is 5.91 Å². The van der Waals surface area contributed by atoms with Gasteiger partial charge >= 0.3 is 23.9 Å². The number of thioether (sulfide) groups is 3. The number of carboxylic acids is 2. The maximum atomic E-state index is 12.5. The van der Waals surface area contributed by atoms with Gasteiger partial charge in [0.05, 0.1) is 57.4 Å². The number of hydrogen-bond acceptors (Lipinski definition) is 17. The van der Waals surface area contributed by atoms with E-state index in [1.165, 1.54) is 23.4 Å². The quantitative estimate of drug-likeness (QED) is 0.0223. The molecule has 0 aliphatic carbocycles. The zero-order chi connectivity index (χ0) is 52.2. The predicted molar refractivity (Wildman–Crippen MR) is 277 cm³/mol. The van der Waals surface area contributed by atoms with Gasteiger partial charge in [-0.3, -0.25) is 24.0 Å². The molecule has 1 aromatic heterocycles. The van der Waals surface area contributed by atoms with E-state index in [9.17, 15) is 38.7 Å². The predicted octanol–water partition coefficient (Wildman–Crippen LogP) is 6.66. The number of ether oxygens (including phenoxy) is 6. The molecule has 0 radical (unpaired) electrons. The van der Waals surface area contributed by atoms with Gasteiger partial charge in [-0.2, -0.15) is 23.5 Å². The standard InChI is InChI=1S/C19H33NO8S.C12H11NS2.C9H14O3S.C8H14O4/c1-5-14(17(22)20-15(18(23)24)6-11-29-4)16(21)12-13(2)19(25)28-10-9-27-8-7-26-3;14-12(13-8-4-5-9-13)15-10-11-6-2-1-3-7-11;1-3-8(10)6-7(9(11)12)4-5-13-2;1-3-8(9)12-7-6-11-5-4-10-2/h13-15H,5-12H2,1-4H3,(H,20,22)(H,23,24);1-9H,10H2;3,7H,1,4-6H2,2H3,(H,11,12);3H,1,4-7H2,2H3/t13?,14?,15-;;7-;/m1.1./s1. The van der Waals surface area contributed by atoms with Crippen molar-refractivity contribution in [2.75, 3.05) is 91.1 Å². The third-order valence-electron chi connectivity index (χ3n) is 8.94. The van der Waals surface area contributed by atoms with Crippen LogP contribution in [0.4, 0.5) is 0 Å². The third-order valence-corrected chi connectivity index (χ3v) is 11.7. The Hall–Kier alpha value is -4.35. The second-order valence-electron chi connectivity index (χ2n) is 14.3. The summed E-state index contributed by atoms with van der Waals surface area (Å²) >= 11 is 10.0. The molecule has 3 N–H and O–H groups in total. The number of carbonyl (C=O) groups is 7. The van der Waals surface area contributed by atoms with Crippen molar-refractivity contribution in [2.45, 2.75) is 57.7 Å². The number of carbonyl (C=O) groups excluding carboxylic acids is 5. The summed E-state index contributed by atoms with van der Waals surface area (Å²) in [5.41, 5.74) is 1.30. The topological polar surface area (TPSA) is 232 Å². The highest BCUT2D eigenvalue weighted by molar-refractivity contribution is 8.22. The van der Waals surface area contributed by atoms with Crippen molar-refractivity contribution in [1.82, 2.24) is 9.88 Å². The summed E-state index contributed by atoms with van der Waals surface area (Å²) in [5.74, 6) is -4.27. The van der Waals surface area contributed by atoms with Crippen molar-refractivity contribution in [3.8, 4) is 0 Å². The van der Waals surface area contributed by atoms with Crippen LogP contribution in [-0.4, -0.2) is 158 Å². The average Bonchev–Trinajstić information content (AvgIpc) is 3.89. The number of methoxy groups -OCH3 is 2. The Balaban J connectivity index is 0. The molecule has 1 aromatic carbocycles. The van der Waals surface area contributed by atoms with Crippen molar-refractivity contribution < 1.29 is 72.2 Å². The molecule has 0 spiro atoms. The first-order valence-corrected chi connectivity index (χ1v) is 26.1. The van der Waals surface area contributed by atoms with Crippen LogP contribution < -0.4 is 5.32 Å². The number of hydrogen-bond donors (Lipinski definition) is 3. The minimum absolute atomic E-state index is 0.0640. The Morgan fingerprint density at radius 3 is 1.80 bits per heavy atom. The number of rotatable bonds is 33. The van der Waals surface area contributed by atoms with E-state index in [0.717, 1.165) is 21.9 Å². The minimum Gasteiger partial charge on any atom is -0.481 e. The largest absolute Gasteiger partial charge is 0.481 e. The summed E-state index contributed by atoms with van der Waals surface area (Å²) in [5, 5.41) is 20.4. The van der Waals surface area contributed by atoms with E-state index in [4.69, 9.17) is 41.0 Å². The molecular formula is C48H72N2O15S4. The number of amides is 1. The lowest BCUT2D eigenvalue weighted by molar-refractivity contribution is -0.152. The molecule has 1 heterocycles. The van der Waals surface area contributed by atoms with Crippen LogP contribution in [0, 0.1) is 17.8 Å². The number of thiocarbonyl (C=S) groups is 1. The lowest BCUT2D eigenvalue weighted by Crippen LogP contribution is -2.46. The molecule has 4 atom stereocenters. The van der Waals surface area contributed by atoms with Gasteiger partial charge in [-0.1, -0.05) is 81.3 Å². The van der Waals surface area contributed by atoms with Gasteiger partial charge in [-0.15, -0.1) is 0 Å². The SMILES string of the molecule is C=CC(=O)C[C@@H](CCSC)C(=O)O.C=CC(=O)OCCOCCOC.CCC(C(=O)CC(C)C(=O)OCCOCCOC)C(=O)N[C@H](CCSC)C(=O)O.S=C(SCc1ccccc1)n1cccc1. The number of aromatic nitrogens is 1. The molecule has 0 bridgehead atoms. The van der Waals surface area contributed by atoms with Crippen LogP contribution in [-0.2, 0) is 67.7 Å². The van der Waals surface area contributed by atoms with E-state index in [2.05, 4.69) is 47.5 Å². The van der Waals surface area contributed by atoms with Crippen LogP contribution in [0.5, 0.6) is 0 Å². The number of esters is 2. The van der Waals surface area contributed by atoms with Crippen LogP contribution in [0.25, 0.3) is 0 Å². The Bertz CT molecular complexity index is 1770. The van der Waals surface area contributed by atoms with E-state index in [0.29, 0.717) is 45.2 Å². The van der Waals surface area contributed by atoms with Crippen LogP contribution in [0.1, 0.15) is 51.5 Å². The molecule has 0 saturated carbocycles. The fourth-order valence-corrected chi connectivity index (χ4v) is 7.14. The summed E-state index contributed by atoms with van der Waals surface area (Å²) < 4.78 is 32.3. The summed E-state index contributed by atoms with van der Waals surface area (Å²) in [4.78, 5) is 80.2. The Labute approximate surface area is 425 Å². The number of nitrogens with one attached hydrogen (secondary N) is 1. The van der Waals surface area contributed by atoms with Crippen molar-refractivity contribution >= 4 is 93.2 Å². The van der Waals surface area contributed by atoms with Crippen molar-refractivity contribution in [1.29, 1.82) is 0 Å². The van der Waals surface area contributed by atoms with Crippen molar-refractivity contribution in [3.05, 3.63) is 85.7 Å². The summed E-state index contributed by atoms with van der Waals surface area (Å²) in [6.07, 6.45) is 10.9. The maximum absolute atomic E-state index is 12.5. The molecule has 1 amide bonds. The molecule has 17 nitrogen and oxygen atoms in total. The van der Waals surface area contributed by atoms with Crippen molar-refractivity contribution in [3.63, 3.8) is 0 Å². The number of benzene rings is 1. The van der Waals surface area contributed by atoms with Gasteiger partial charge < -0.3 is 48.5 Å². The fraction of sp³-hybridized carbons (Fsp3) is 0.542. The Morgan fingerprint density at radius 1 is 0.754 bits per heavy atom. The molecule has 0 aliphatic heterocycles. The average molecular weight is 1050 g/mol. The molecule has 388 valence electrons. The molecule has 0 fully saturated rings. The fourth-order valence-electron chi connectivity index (χ4n) is 5.09. The zero-order valence-corrected chi connectivity index (χ0v) is 43.9. The van der Waals surface area contributed by atoms with E-state index in [1.807, 2.05) is 47.7 Å². The van der Waals surface area contributed by atoms with Gasteiger partial charge in [-0.05, 0) is 67.1 Å².